The van der Waals surface area contributed by atoms with E-state index in [0.29, 0.717) is 0 Å². The zero-order valence-corrected chi connectivity index (χ0v) is 13.6. The van der Waals surface area contributed by atoms with Gasteiger partial charge in [-0.2, -0.15) is 11.8 Å². The number of carbonyl (C=O) groups is 1. The Kier molecular flexibility index (Phi) is 3.38. The van der Waals surface area contributed by atoms with Gasteiger partial charge in [0.25, 0.3) is 5.91 Å². The first-order valence-electron chi connectivity index (χ1n) is 7.38. The van der Waals surface area contributed by atoms with Gasteiger partial charge in [-0.1, -0.05) is 0 Å². The van der Waals surface area contributed by atoms with Gasteiger partial charge in [0.2, 0.25) is 0 Å². The summed E-state index contributed by atoms with van der Waals surface area (Å²) in [6.07, 6.45) is 9.31. The van der Waals surface area contributed by atoms with E-state index in [2.05, 4.69) is 11.2 Å². The van der Waals surface area contributed by atoms with Crippen LogP contribution in [0.2, 0.25) is 0 Å². The topological polar surface area (TPSA) is 45.0 Å². The van der Waals surface area contributed by atoms with Gasteiger partial charge in [-0.25, -0.2) is 4.99 Å². The van der Waals surface area contributed by atoms with E-state index in [1.165, 1.54) is 23.3 Å². The molecular formula is C15H17N3OS2. The standard InChI is InChI=1S/C15H17N3OS2/c1-20-7-6-10-15(19)18-8-16-14-12(13(18)17-10)9-4-2-3-5-11(9)21-14/h8,10H,2-7H2,1H3. The number of fused-ring (bicyclic) bond motifs is 5. The maximum atomic E-state index is 12.5. The maximum absolute atomic E-state index is 12.5. The zero-order valence-electron chi connectivity index (χ0n) is 12.0. The fourth-order valence-corrected chi connectivity index (χ4v) is 4.91. The number of aliphatic imine (C=N–C) groups is 2. The molecular weight excluding hydrogens is 302 g/mol. The first kappa shape index (κ1) is 13.5. The first-order chi connectivity index (χ1) is 10.3. The number of nitrogens with zero attached hydrogens (tertiary/aromatic N) is 3. The van der Waals surface area contributed by atoms with Crippen LogP contribution < -0.4 is 0 Å². The molecule has 0 bridgehead atoms. The van der Waals surface area contributed by atoms with Crippen molar-refractivity contribution in [2.45, 2.75) is 38.1 Å². The molecule has 0 radical (unpaired) electrons. The molecule has 0 aromatic carbocycles. The molecule has 2 aliphatic heterocycles. The van der Waals surface area contributed by atoms with Crippen LogP contribution in [0, 0.1) is 0 Å². The van der Waals surface area contributed by atoms with Crippen molar-refractivity contribution >= 4 is 46.2 Å². The van der Waals surface area contributed by atoms with Crippen molar-refractivity contribution in [2.75, 3.05) is 12.0 Å². The Morgan fingerprint density at radius 2 is 2.29 bits per heavy atom. The summed E-state index contributed by atoms with van der Waals surface area (Å²) in [6, 6.07) is -0.219. The summed E-state index contributed by atoms with van der Waals surface area (Å²) < 4.78 is 0. The van der Waals surface area contributed by atoms with Gasteiger partial charge in [-0.15, -0.1) is 11.3 Å². The number of carbonyl (C=O) groups excluding carboxylic acids is 1. The minimum Gasteiger partial charge on any atom is -0.272 e. The Labute approximate surface area is 132 Å². The average Bonchev–Trinajstić information content (AvgIpc) is 3.03. The molecule has 0 fully saturated rings. The van der Waals surface area contributed by atoms with E-state index in [1.807, 2.05) is 0 Å². The van der Waals surface area contributed by atoms with E-state index in [9.17, 15) is 4.79 Å². The second kappa shape index (κ2) is 5.25. The highest BCUT2D eigenvalue weighted by Gasteiger charge is 2.39. The first-order valence-corrected chi connectivity index (χ1v) is 9.59. The SMILES string of the molecule is CSCCC1N=C2c3c(sc4c3CCCC4)N=CN2C1=O. The Balaban J connectivity index is 1.76. The third kappa shape index (κ3) is 2.07. The molecule has 4 rings (SSSR count). The molecule has 3 heterocycles. The lowest BCUT2D eigenvalue weighted by atomic mass is 9.94. The molecule has 1 unspecified atom stereocenters. The van der Waals surface area contributed by atoms with E-state index in [1.54, 1.807) is 34.3 Å². The Bertz CT molecular complexity index is 662. The number of rotatable bonds is 3. The molecule has 21 heavy (non-hydrogen) atoms. The minimum atomic E-state index is -0.219. The highest BCUT2D eigenvalue weighted by atomic mass is 32.2. The Hall–Kier alpha value is -1.14. The van der Waals surface area contributed by atoms with Crippen molar-refractivity contribution in [3.63, 3.8) is 0 Å². The van der Waals surface area contributed by atoms with Gasteiger partial charge in [0.15, 0.2) is 0 Å². The monoisotopic (exact) mass is 319 g/mol. The highest BCUT2D eigenvalue weighted by Crippen LogP contribution is 2.43. The van der Waals surface area contributed by atoms with Gasteiger partial charge in [0.05, 0.1) is 5.56 Å². The summed E-state index contributed by atoms with van der Waals surface area (Å²) in [7, 11) is 0. The number of hydrogen-bond donors (Lipinski definition) is 0. The second-order valence-corrected chi connectivity index (χ2v) is 7.66. The molecule has 1 amide bonds. The van der Waals surface area contributed by atoms with Gasteiger partial charge < -0.3 is 0 Å². The van der Waals surface area contributed by atoms with Gasteiger partial charge in [0, 0.05) is 4.88 Å². The zero-order chi connectivity index (χ0) is 14.4. The van der Waals surface area contributed by atoms with E-state index in [0.717, 1.165) is 41.4 Å². The molecule has 1 aliphatic carbocycles. The normalized spacial score (nSPS) is 22.9. The van der Waals surface area contributed by atoms with Gasteiger partial charge in [-0.3, -0.25) is 14.7 Å². The number of aryl methyl sites for hydroxylation is 1. The Morgan fingerprint density at radius 1 is 1.43 bits per heavy atom. The van der Waals surface area contributed by atoms with Crippen LogP contribution in [0.15, 0.2) is 9.98 Å². The van der Waals surface area contributed by atoms with E-state index >= 15 is 0 Å². The van der Waals surface area contributed by atoms with Crippen LogP contribution in [0.1, 0.15) is 35.3 Å². The van der Waals surface area contributed by atoms with E-state index in [-0.39, 0.29) is 11.9 Å². The largest absolute Gasteiger partial charge is 0.272 e. The van der Waals surface area contributed by atoms with Crippen LogP contribution >= 0.6 is 23.1 Å². The number of hydrogen-bond acceptors (Lipinski definition) is 5. The molecule has 4 nitrogen and oxygen atoms in total. The summed E-state index contributed by atoms with van der Waals surface area (Å²) in [5.41, 5.74) is 2.55. The van der Waals surface area contributed by atoms with E-state index < -0.39 is 0 Å². The third-order valence-electron chi connectivity index (χ3n) is 4.29. The van der Waals surface area contributed by atoms with Crippen LogP contribution in [0.4, 0.5) is 5.00 Å². The van der Waals surface area contributed by atoms with E-state index in [4.69, 9.17) is 4.99 Å². The summed E-state index contributed by atoms with van der Waals surface area (Å²) in [4.78, 5) is 24.9. The van der Waals surface area contributed by atoms with Crippen molar-refractivity contribution in [3.05, 3.63) is 16.0 Å². The molecule has 1 aromatic heterocycles. The number of amides is 1. The summed E-state index contributed by atoms with van der Waals surface area (Å²) in [5, 5.41) is 1.05. The summed E-state index contributed by atoms with van der Waals surface area (Å²) in [5.74, 6) is 1.91. The fourth-order valence-electron chi connectivity index (χ4n) is 3.23. The quantitative estimate of drug-likeness (QED) is 0.859. The lowest BCUT2D eigenvalue weighted by molar-refractivity contribution is -0.124. The number of thioether (sulfide) groups is 1. The van der Waals surface area contributed by atoms with Gasteiger partial charge in [0.1, 0.15) is 23.2 Å². The molecule has 0 saturated heterocycles. The highest BCUT2D eigenvalue weighted by molar-refractivity contribution is 7.98. The van der Waals surface area contributed by atoms with Crippen molar-refractivity contribution in [1.82, 2.24) is 4.90 Å². The third-order valence-corrected chi connectivity index (χ3v) is 6.13. The average molecular weight is 319 g/mol. The van der Waals surface area contributed by atoms with Crippen LogP contribution in [-0.4, -0.2) is 41.0 Å². The molecule has 1 atom stereocenters. The molecule has 0 spiro atoms. The smallest absolute Gasteiger partial charge is 0.258 e. The summed E-state index contributed by atoms with van der Waals surface area (Å²) in [6.45, 7) is 0. The second-order valence-electron chi connectivity index (χ2n) is 5.59. The van der Waals surface area contributed by atoms with Crippen LogP contribution in [0.5, 0.6) is 0 Å². The van der Waals surface area contributed by atoms with Crippen LogP contribution in [0.25, 0.3) is 0 Å². The van der Waals surface area contributed by atoms with Crippen LogP contribution in [0.3, 0.4) is 0 Å². The number of amidine groups is 1. The molecule has 110 valence electrons. The van der Waals surface area contributed by atoms with Crippen LogP contribution in [-0.2, 0) is 17.6 Å². The molecule has 0 N–H and O–H groups in total. The maximum Gasteiger partial charge on any atom is 0.258 e. The Morgan fingerprint density at radius 3 is 3.14 bits per heavy atom. The lowest BCUT2D eigenvalue weighted by Crippen LogP contribution is -2.36. The minimum absolute atomic E-state index is 0.0872. The van der Waals surface area contributed by atoms with Crippen molar-refractivity contribution in [3.8, 4) is 0 Å². The molecule has 0 saturated carbocycles. The van der Waals surface area contributed by atoms with Crippen molar-refractivity contribution in [2.24, 2.45) is 9.98 Å². The molecule has 1 aromatic rings. The van der Waals surface area contributed by atoms with Gasteiger partial charge in [-0.05, 0) is 49.7 Å². The predicted molar refractivity (Wildman–Crippen MR) is 89.3 cm³/mol. The predicted octanol–water partition coefficient (Wildman–Crippen LogP) is 3.01. The lowest BCUT2D eigenvalue weighted by Gasteiger charge is -2.19. The fraction of sp³-hybridized carbons (Fsp3) is 0.533. The number of thiophene rings is 1. The summed E-state index contributed by atoms with van der Waals surface area (Å²) >= 11 is 3.55. The molecule has 3 aliphatic rings. The molecule has 6 heteroatoms. The van der Waals surface area contributed by atoms with Gasteiger partial charge >= 0.3 is 0 Å². The van der Waals surface area contributed by atoms with Crippen molar-refractivity contribution < 1.29 is 4.79 Å². The van der Waals surface area contributed by atoms with Crippen molar-refractivity contribution in [1.29, 1.82) is 0 Å².